The first-order chi connectivity index (χ1) is 10.6. The molecule has 0 aliphatic heterocycles. The molecule has 22 heavy (non-hydrogen) atoms. The van der Waals surface area contributed by atoms with E-state index in [2.05, 4.69) is 15.4 Å². The van der Waals surface area contributed by atoms with Gasteiger partial charge in [-0.25, -0.2) is 0 Å². The van der Waals surface area contributed by atoms with Gasteiger partial charge in [-0.15, -0.1) is 0 Å². The molecule has 0 bridgehead atoms. The summed E-state index contributed by atoms with van der Waals surface area (Å²) in [5.74, 6) is -0.456. The second kappa shape index (κ2) is 9.02. The quantitative estimate of drug-likeness (QED) is 0.340. The first-order valence-corrected chi connectivity index (χ1v) is 6.47. The van der Waals surface area contributed by atoms with Crippen LogP contribution in [0.15, 0.2) is 36.0 Å². The third-order valence-corrected chi connectivity index (χ3v) is 2.67. The van der Waals surface area contributed by atoms with Crippen molar-refractivity contribution in [2.75, 3.05) is 26.1 Å². The molecular formula is C15H17N3O4. The highest BCUT2D eigenvalue weighted by atomic mass is 16.5. The van der Waals surface area contributed by atoms with E-state index >= 15 is 0 Å². The lowest BCUT2D eigenvalue weighted by Gasteiger charge is -2.09. The third-order valence-electron chi connectivity index (χ3n) is 2.67. The van der Waals surface area contributed by atoms with E-state index in [-0.39, 0.29) is 24.5 Å². The Morgan fingerprint density at radius 3 is 2.68 bits per heavy atom. The molecular weight excluding hydrogens is 286 g/mol. The summed E-state index contributed by atoms with van der Waals surface area (Å²) >= 11 is 0. The lowest BCUT2D eigenvalue weighted by Crippen LogP contribution is -2.19. The fourth-order valence-corrected chi connectivity index (χ4v) is 1.54. The van der Waals surface area contributed by atoms with E-state index in [9.17, 15) is 9.59 Å². The first kappa shape index (κ1) is 17.0. The molecule has 0 aliphatic rings. The summed E-state index contributed by atoms with van der Waals surface area (Å²) in [5.41, 5.74) is 0.349. The van der Waals surface area contributed by atoms with E-state index in [1.54, 1.807) is 30.3 Å². The van der Waals surface area contributed by atoms with Crippen molar-refractivity contribution in [1.82, 2.24) is 5.32 Å². The van der Waals surface area contributed by atoms with Gasteiger partial charge in [0.1, 0.15) is 17.4 Å². The van der Waals surface area contributed by atoms with Gasteiger partial charge in [-0.2, -0.15) is 5.26 Å². The topological polar surface area (TPSA) is 100 Å². The number of amides is 1. The number of methoxy groups -OCH3 is 2. The summed E-state index contributed by atoms with van der Waals surface area (Å²) in [5, 5.41) is 14.3. The minimum absolute atomic E-state index is 0.115. The van der Waals surface area contributed by atoms with E-state index in [1.165, 1.54) is 20.4 Å². The van der Waals surface area contributed by atoms with Gasteiger partial charge in [0.2, 0.25) is 0 Å². The second-order valence-electron chi connectivity index (χ2n) is 4.10. The van der Waals surface area contributed by atoms with Crippen LogP contribution in [0.4, 0.5) is 5.69 Å². The fraction of sp³-hybridized carbons (Fsp3) is 0.267. The molecule has 0 fully saturated rings. The molecule has 7 nitrogen and oxygen atoms in total. The van der Waals surface area contributed by atoms with Crippen molar-refractivity contribution in [2.24, 2.45) is 0 Å². The molecule has 0 atom stereocenters. The predicted molar refractivity (Wildman–Crippen MR) is 80.0 cm³/mol. The monoisotopic (exact) mass is 303 g/mol. The maximum atomic E-state index is 12.0. The van der Waals surface area contributed by atoms with Crippen LogP contribution in [-0.2, 0) is 14.3 Å². The molecule has 7 heteroatoms. The number of para-hydroxylation sites is 2. The molecule has 0 heterocycles. The Kier molecular flexibility index (Phi) is 6.99. The number of nitrogens with one attached hydrogen (secondary N) is 2. The van der Waals surface area contributed by atoms with Crippen LogP contribution in [0.5, 0.6) is 5.75 Å². The maximum Gasteiger partial charge on any atom is 0.307 e. The molecule has 1 aromatic rings. The molecule has 0 aliphatic carbocycles. The number of nitriles is 1. The summed E-state index contributed by atoms with van der Waals surface area (Å²) < 4.78 is 9.59. The predicted octanol–water partition coefficient (Wildman–Crippen LogP) is 1.19. The van der Waals surface area contributed by atoms with Crippen molar-refractivity contribution in [3.05, 3.63) is 36.0 Å². The Morgan fingerprint density at radius 2 is 2.05 bits per heavy atom. The van der Waals surface area contributed by atoms with Crippen molar-refractivity contribution in [3.8, 4) is 11.8 Å². The number of esters is 1. The van der Waals surface area contributed by atoms with Gasteiger partial charge in [-0.05, 0) is 12.1 Å². The largest absolute Gasteiger partial charge is 0.495 e. The van der Waals surface area contributed by atoms with Crippen molar-refractivity contribution in [3.63, 3.8) is 0 Å². The van der Waals surface area contributed by atoms with Crippen LogP contribution in [0.25, 0.3) is 0 Å². The second-order valence-corrected chi connectivity index (χ2v) is 4.10. The van der Waals surface area contributed by atoms with Gasteiger partial charge in [0.05, 0.1) is 26.3 Å². The van der Waals surface area contributed by atoms with Gasteiger partial charge in [0.15, 0.2) is 0 Å². The lowest BCUT2D eigenvalue weighted by molar-refractivity contribution is -0.140. The highest BCUT2D eigenvalue weighted by Gasteiger charge is 2.11. The van der Waals surface area contributed by atoms with Crippen LogP contribution in [-0.4, -0.2) is 32.6 Å². The highest BCUT2D eigenvalue weighted by Crippen LogP contribution is 2.23. The van der Waals surface area contributed by atoms with Crippen molar-refractivity contribution < 1.29 is 19.1 Å². The Labute approximate surface area is 128 Å². The van der Waals surface area contributed by atoms with Crippen LogP contribution in [0, 0.1) is 11.3 Å². The van der Waals surface area contributed by atoms with Gasteiger partial charge in [-0.3, -0.25) is 9.59 Å². The number of rotatable bonds is 7. The van der Waals surface area contributed by atoms with E-state index < -0.39 is 5.91 Å². The summed E-state index contributed by atoms with van der Waals surface area (Å²) in [6.07, 6.45) is 1.40. The van der Waals surface area contributed by atoms with Crippen LogP contribution in [0.3, 0.4) is 0 Å². The van der Waals surface area contributed by atoms with E-state index in [0.717, 1.165) is 0 Å². The van der Waals surface area contributed by atoms with Gasteiger partial charge >= 0.3 is 5.97 Å². The van der Waals surface area contributed by atoms with E-state index in [4.69, 9.17) is 10.00 Å². The van der Waals surface area contributed by atoms with Crippen LogP contribution in [0.2, 0.25) is 0 Å². The number of carbonyl (C=O) groups is 2. The summed E-state index contributed by atoms with van der Waals surface area (Å²) in [6.45, 7) is 0.264. The Bertz CT molecular complexity index is 605. The Hall–Kier alpha value is -3.01. The standard InChI is InChI=1S/C15H17N3O4/c1-21-13-6-4-3-5-12(13)18-15(20)11(9-16)10-17-8-7-14(19)22-2/h3-6,10,17H,7-8H2,1-2H3,(H,18,20)/b11-10-. The number of hydrogen-bond donors (Lipinski definition) is 2. The molecule has 0 saturated carbocycles. The highest BCUT2D eigenvalue weighted by molar-refractivity contribution is 6.07. The van der Waals surface area contributed by atoms with E-state index in [1.807, 2.05) is 0 Å². The number of anilines is 1. The van der Waals surface area contributed by atoms with Crippen LogP contribution < -0.4 is 15.4 Å². The van der Waals surface area contributed by atoms with Crippen LogP contribution in [0.1, 0.15) is 6.42 Å². The summed E-state index contributed by atoms with van der Waals surface area (Å²) in [7, 11) is 2.78. The fourth-order valence-electron chi connectivity index (χ4n) is 1.54. The van der Waals surface area contributed by atoms with Gasteiger partial charge < -0.3 is 20.1 Å². The SMILES string of the molecule is COC(=O)CCN/C=C(/C#N)C(=O)Nc1ccccc1OC. The summed E-state index contributed by atoms with van der Waals surface area (Å²) in [6, 6.07) is 8.66. The number of hydrogen-bond acceptors (Lipinski definition) is 6. The smallest absolute Gasteiger partial charge is 0.307 e. The van der Waals surface area contributed by atoms with Gasteiger partial charge in [-0.1, -0.05) is 12.1 Å². The number of carbonyl (C=O) groups excluding carboxylic acids is 2. The third kappa shape index (κ3) is 5.17. The summed E-state index contributed by atoms with van der Waals surface area (Å²) in [4.78, 5) is 22.9. The van der Waals surface area contributed by atoms with Crippen LogP contribution >= 0.6 is 0 Å². The van der Waals surface area contributed by atoms with E-state index in [0.29, 0.717) is 11.4 Å². The number of ether oxygens (including phenoxy) is 2. The van der Waals surface area contributed by atoms with Crippen molar-refractivity contribution >= 4 is 17.6 Å². The molecule has 0 spiro atoms. The molecule has 1 rings (SSSR count). The average Bonchev–Trinajstić information content (AvgIpc) is 2.54. The number of benzene rings is 1. The molecule has 0 radical (unpaired) electrons. The molecule has 116 valence electrons. The zero-order valence-corrected chi connectivity index (χ0v) is 12.4. The normalized spacial score (nSPS) is 10.3. The molecule has 2 N–H and O–H groups in total. The Balaban J connectivity index is 2.65. The van der Waals surface area contributed by atoms with Gasteiger partial charge in [0, 0.05) is 12.7 Å². The maximum absolute atomic E-state index is 12.0. The molecule has 1 aromatic carbocycles. The zero-order valence-electron chi connectivity index (χ0n) is 12.4. The molecule has 0 aromatic heterocycles. The van der Waals surface area contributed by atoms with Crippen molar-refractivity contribution in [1.29, 1.82) is 5.26 Å². The average molecular weight is 303 g/mol. The van der Waals surface area contributed by atoms with Crippen molar-refractivity contribution in [2.45, 2.75) is 6.42 Å². The minimum Gasteiger partial charge on any atom is -0.495 e. The molecule has 0 unspecified atom stereocenters. The zero-order chi connectivity index (χ0) is 16.4. The lowest BCUT2D eigenvalue weighted by atomic mass is 10.2. The minimum atomic E-state index is -0.572. The van der Waals surface area contributed by atoms with Gasteiger partial charge in [0.25, 0.3) is 5.91 Å². The molecule has 0 saturated heterocycles. The number of nitrogens with zero attached hydrogens (tertiary/aromatic N) is 1. The molecule has 1 amide bonds. The Morgan fingerprint density at radius 1 is 1.32 bits per heavy atom. The first-order valence-electron chi connectivity index (χ1n) is 6.47.